The topological polar surface area (TPSA) is 67.2 Å². The molecule has 2 aromatic heterocycles. The third-order valence-corrected chi connectivity index (χ3v) is 4.25. The van der Waals surface area contributed by atoms with Gasteiger partial charge in [-0.15, -0.1) is 0 Å². The zero-order valence-corrected chi connectivity index (χ0v) is 13.7. The predicted molar refractivity (Wildman–Crippen MR) is 93.7 cm³/mol. The first-order valence-electron chi connectivity index (χ1n) is 8.22. The average Bonchev–Trinajstić information content (AvgIpc) is 3.19. The van der Waals surface area contributed by atoms with E-state index in [2.05, 4.69) is 20.0 Å². The first-order chi connectivity index (χ1) is 12.3. The van der Waals surface area contributed by atoms with Crippen LogP contribution in [0.4, 0.5) is 5.95 Å². The van der Waals surface area contributed by atoms with Crippen molar-refractivity contribution in [3.05, 3.63) is 66.7 Å². The van der Waals surface area contributed by atoms with E-state index in [1.807, 2.05) is 35.2 Å². The smallest absolute Gasteiger partial charge is 0.257 e. The van der Waals surface area contributed by atoms with Gasteiger partial charge in [0.25, 0.3) is 5.91 Å². The van der Waals surface area contributed by atoms with Crippen LogP contribution in [0.5, 0.6) is 0 Å². The van der Waals surface area contributed by atoms with Gasteiger partial charge in [-0.1, -0.05) is 18.2 Å². The van der Waals surface area contributed by atoms with Crippen LogP contribution in [0, 0.1) is 0 Å². The number of hydrogen-bond acceptors (Lipinski definition) is 5. The van der Waals surface area contributed by atoms with Crippen LogP contribution in [-0.2, 0) is 0 Å². The molecule has 126 valence electrons. The summed E-state index contributed by atoms with van der Waals surface area (Å²) in [5.74, 6) is 0.724. The Bertz CT molecular complexity index is 840. The van der Waals surface area contributed by atoms with Crippen LogP contribution in [0.15, 0.2) is 61.2 Å². The molecule has 0 atom stereocenters. The molecule has 0 bridgehead atoms. The molecule has 1 aromatic carbocycles. The molecule has 0 spiro atoms. The Morgan fingerprint density at radius 1 is 0.920 bits per heavy atom. The molecule has 1 aliphatic rings. The number of rotatable bonds is 3. The summed E-state index contributed by atoms with van der Waals surface area (Å²) in [6, 6.07) is 11.6. The van der Waals surface area contributed by atoms with Crippen molar-refractivity contribution in [1.82, 2.24) is 24.6 Å². The largest absolute Gasteiger partial charge is 0.337 e. The molecule has 0 unspecified atom stereocenters. The predicted octanol–water partition coefficient (Wildman–Crippen LogP) is 1.62. The zero-order chi connectivity index (χ0) is 17.1. The quantitative estimate of drug-likeness (QED) is 0.728. The molecule has 7 heteroatoms. The number of aromatic nitrogens is 4. The van der Waals surface area contributed by atoms with Crippen molar-refractivity contribution < 1.29 is 4.79 Å². The van der Waals surface area contributed by atoms with E-state index in [1.165, 1.54) is 0 Å². The molecule has 4 rings (SSSR count). The van der Waals surface area contributed by atoms with Crippen molar-refractivity contribution in [2.24, 2.45) is 0 Å². The number of carbonyl (C=O) groups is 1. The lowest BCUT2D eigenvalue weighted by Crippen LogP contribution is -2.49. The lowest BCUT2D eigenvalue weighted by molar-refractivity contribution is 0.0746. The Kier molecular flexibility index (Phi) is 4.12. The minimum absolute atomic E-state index is 0.0100. The maximum absolute atomic E-state index is 12.7. The third kappa shape index (κ3) is 3.21. The Morgan fingerprint density at radius 2 is 1.64 bits per heavy atom. The Balaban J connectivity index is 1.42. The fraction of sp³-hybridized carbons (Fsp3) is 0.222. The number of amides is 1. The van der Waals surface area contributed by atoms with E-state index in [0.29, 0.717) is 24.6 Å². The maximum atomic E-state index is 12.7. The van der Waals surface area contributed by atoms with Crippen molar-refractivity contribution in [3.63, 3.8) is 0 Å². The Hall–Kier alpha value is -3.22. The van der Waals surface area contributed by atoms with E-state index in [-0.39, 0.29) is 5.91 Å². The van der Waals surface area contributed by atoms with Crippen LogP contribution in [0.1, 0.15) is 10.4 Å². The summed E-state index contributed by atoms with van der Waals surface area (Å²) in [5, 5.41) is 4.30. The summed E-state index contributed by atoms with van der Waals surface area (Å²) in [7, 11) is 0. The zero-order valence-electron chi connectivity index (χ0n) is 13.7. The highest BCUT2D eigenvalue weighted by atomic mass is 16.2. The van der Waals surface area contributed by atoms with Gasteiger partial charge >= 0.3 is 0 Å². The van der Waals surface area contributed by atoms with E-state index in [0.717, 1.165) is 18.8 Å². The molecular weight excluding hydrogens is 316 g/mol. The molecule has 0 N–H and O–H groups in total. The highest BCUT2D eigenvalue weighted by molar-refractivity contribution is 5.94. The second-order valence-corrected chi connectivity index (χ2v) is 5.84. The molecule has 1 aliphatic heterocycles. The fourth-order valence-corrected chi connectivity index (χ4v) is 2.90. The number of hydrogen-bond donors (Lipinski definition) is 0. The average molecular weight is 334 g/mol. The highest BCUT2D eigenvalue weighted by Gasteiger charge is 2.24. The highest BCUT2D eigenvalue weighted by Crippen LogP contribution is 2.14. The molecule has 1 saturated heterocycles. The summed E-state index contributed by atoms with van der Waals surface area (Å²) < 4.78 is 1.72. The van der Waals surface area contributed by atoms with Gasteiger partial charge in [-0.2, -0.15) is 5.10 Å². The van der Waals surface area contributed by atoms with Gasteiger partial charge in [0.2, 0.25) is 5.95 Å². The van der Waals surface area contributed by atoms with Gasteiger partial charge in [0.05, 0.1) is 17.4 Å². The van der Waals surface area contributed by atoms with Crippen LogP contribution in [-0.4, -0.2) is 56.7 Å². The van der Waals surface area contributed by atoms with Crippen molar-refractivity contribution in [2.45, 2.75) is 0 Å². The monoisotopic (exact) mass is 334 g/mol. The van der Waals surface area contributed by atoms with Crippen LogP contribution in [0.3, 0.4) is 0 Å². The van der Waals surface area contributed by atoms with Crippen LogP contribution in [0.2, 0.25) is 0 Å². The van der Waals surface area contributed by atoms with Crippen molar-refractivity contribution >= 4 is 11.9 Å². The lowest BCUT2D eigenvalue weighted by Gasteiger charge is -2.34. The summed E-state index contributed by atoms with van der Waals surface area (Å²) in [6.07, 6.45) is 6.88. The molecule has 0 radical (unpaired) electrons. The van der Waals surface area contributed by atoms with Crippen molar-refractivity contribution in [2.75, 3.05) is 31.1 Å². The van der Waals surface area contributed by atoms with E-state index in [1.54, 1.807) is 35.5 Å². The lowest BCUT2D eigenvalue weighted by atomic mass is 10.2. The first kappa shape index (κ1) is 15.3. The molecule has 3 aromatic rings. The number of piperazine rings is 1. The van der Waals surface area contributed by atoms with Gasteiger partial charge in [-0.25, -0.2) is 14.6 Å². The first-order valence-corrected chi connectivity index (χ1v) is 8.22. The standard InChI is InChI=1S/C18H18N6O/c25-17(15-13-21-24(14-15)16-5-2-1-3-6-16)22-9-11-23(12-10-22)18-19-7-4-8-20-18/h1-8,13-14H,9-12H2. The summed E-state index contributed by atoms with van der Waals surface area (Å²) in [4.78, 5) is 25.2. The van der Waals surface area contributed by atoms with Gasteiger partial charge < -0.3 is 9.80 Å². The van der Waals surface area contributed by atoms with Gasteiger partial charge in [0.1, 0.15) is 0 Å². The van der Waals surface area contributed by atoms with Crippen LogP contribution >= 0.6 is 0 Å². The Labute approximate surface area is 145 Å². The fourth-order valence-electron chi connectivity index (χ4n) is 2.90. The SMILES string of the molecule is O=C(c1cnn(-c2ccccc2)c1)N1CCN(c2ncccn2)CC1. The maximum Gasteiger partial charge on any atom is 0.257 e. The van der Waals surface area contributed by atoms with Crippen molar-refractivity contribution in [1.29, 1.82) is 0 Å². The summed E-state index contributed by atoms with van der Waals surface area (Å²) in [6.45, 7) is 2.74. The number of carbonyl (C=O) groups excluding carboxylic acids is 1. The minimum Gasteiger partial charge on any atom is -0.337 e. The molecular formula is C18H18N6O. The second kappa shape index (κ2) is 6.72. The molecule has 25 heavy (non-hydrogen) atoms. The molecule has 1 amide bonds. The molecule has 3 heterocycles. The summed E-state index contributed by atoms with van der Waals surface area (Å²) in [5.41, 5.74) is 1.54. The molecule has 0 aliphatic carbocycles. The van der Waals surface area contributed by atoms with E-state index in [9.17, 15) is 4.79 Å². The molecule has 1 fully saturated rings. The summed E-state index contributed by atoms with van der Waals surface area (Å²) >= 11 is 0. The van der Waals surface area contributed by atoms with Crippen LogP contribution in [0.25, 0.3) is 5.69 Å². The molecule has 7 nitrogen and oxygen atoms in total. The normalized spacial score (nSPS) is 14.6. The van der Waals surface area contributed by atoms with Gasteiger partial charge in [0, 0.05) is 44.8 Å². The van der Waals surface area contributed by atoms with Gasteiger partial charge in [-0.05, 0) is 18.2 Å². The minimum atomic E-state index is 0.0100. The second-order valence-electron chi connectivity index (χ2n) is 5.84. The number of nitrogens with zero attached hydrogens (tertiary/aromatic N) is 6. The van der Waals surface area contributed by atoms with Gasteiger partial charge in [0.15, 0.2) is 0 Å². The van der Waals surface area contributed by atoms with Crippen molar-refractivity contribution in [3.8, 4) is 5.69 Å². The molecule has 0 saturated carbocycles. The van der Waals surface area contributed by atoms with Crippen LogP contribution < -0.4 is 4.90 Å². The van der Waals surface area contributed by atoms with E-state index < -0.39 is 0 Å². The number of para-hydroxylation sites is 1. The number of benzene rings is 1. The van der Waals surface area contributed by atoms with Gasteiger partial charge in [-0.3, -0.25) is 4.79 Å². The Morgan fingerprint density at radius 3 is 2.36 bits per heavy atom. The number of anilines is 1. The van der Waals surface area contributed by atoms with E-state index in [4.69, 9.17) is 0 Å². The van der Waals surface area contributed by atoms with E-state index >= 15 is 0 Å². The third-order valence-electron chi connectivity index (χ3n) is 4.25.